The van der Waals surface area contributed by atoms with E-state index in [1.165, 1.54) is 58.3 Å². The Morgan fingerprint density at radius 3 is 2.56 bits per heavy atom. The molecule has 1 N–H and O–H groups in total. The summed E-state index contributed by atoms with van der Waals surface area (Å²) in [5, 5.41) is 3.47. The maximum atomic E-state index is 3.47. The summed E-state index contributed by atoms with van der Waals surface area (Å²) in [4.78, 5) is 2.64. The lowest BCUT2D eigenvalue weighted by molar-refractivity contribution is 0.317. The standard InChI is InChI=1S/C14H30N2/c1-13(2)15-9-6-4-5-7-10-16-11-8-14(3)12-16/h13-15H,4-12H2,1-3H3. The highest BCUT2D eigenvalue weighted by molar-refractivity contribution is 4.71. The maximum Gasteiger partial charge on any atom is 0.00103 e. The number of nitrogens with zero attached hydrogens (tertiary/aromatic N) is 1. The van der Waals surface area contributed by atoms with Crippen molar-refractivity contribution in [3.8, 4) is 0 Å². The second-order valence-electron chi connectivity index (χ2n) is 5.72. The van der Waals surface area contributed by atoms with Gasteiger partial charge in [0.15, 0.2) is 0 Å². The minimum Gasteiger partial charge on any atom is -0.315 e. The summed E-state index contributed by atoms with van der Waals surface area (Å²) in [7, 11) is 0. The van der Waals surface area contributed by atoms with E-state index in [9.17, 15) is 0 Å². The first kappa shape index (κ1) is 14.0. The molecule has 96 valence electrons. The van der Waals surface area contributed by atoms with Gasteiger partial charge in [-0.3, -0.25) is 0 Å². The summed E-state index contributed by atoms with van der Waals surface area (Å²) < 4.78 is 0. The van der Waals surface area contributed by atoms with E-state index in [1.54, 1.807) is 0 Å². The molecule has 0 spiro atoms. The van der Waals surface area contributed by atoms with Gasteiger partial charge in [0, 0.05) is 12.6 Å². The summed E-state index contributed by atoms with van der Waals surface area (Å²) in [6.07, 6.45) is 6.95. The number of hydrogen-bond donors (Lipinski definition) is 1. The molecule has 2 heteroatoms. The second-order valence-corrected chi connectivity index (χ2v) is 5.72. The van der Waals surface area contributed by atoms with E-state index in [0.717, 1.165) is 5.92 Å². The van der Waals surface area contributed by atoms with Crippen molar-refractivity contribution in [2.75, 3.05) is 26.2 Å². The molecule has 1 unspecified atom stereocenters. The number of hydrogen-bond acceptors (Lipinski definition) is 2. The molecule has 1 aliphatic heterocycles. The number of likely N-dealkylation sites (tertiary alicyclic amines) is 1. The van der Waals surface area contributed by atoms with Gasteiger partial charge in [0.2, 0.25) is 0 Å². The molecular formula is C14H30N2. The van der Waals surface area contributed by atoms with Gasteiger partial charge in [-0.1, -0.05) is 33.6 Å². The Morgan fingerprint density at radius 1 is 1.19 bits per heavy atom. The van der Waals surface area contributed by atoms with Gasteiger partial charge in [-0.2, -0.15) is 0 Å². The Kier molecular flexibility index (Phi) is 7.06. The van der Waals surface area contributed by atoms with Crippen LogP contribution < -0.4 is 5.32 Å². The van der Waals surface area contributed by atoms with Crippen LogP contribution >= 0.6 is 0 Å². The molecule has 0 saturated carbocycles. The van der Waals surface area contributed by atoms with Gasteiger partial charge in [-0.05, 0) is 44.8 Å². The molecule has 1 fully saturated rings. The smallest absolute Gasteiger partial charge is 0.00103 e. The van der Waals surface area contributed by atoms with Crippen molar-refractivity contribution in [1.82, 2.24) is 10.2 Å². The van der Waals surface area contributed by atoms with Crippen molar-refractivity contribution < 1.29 is 0 Å². The van der Waals surface area contributed by atoms with Crippen molar-refractivity contribution in [3.63, 3.8) is 0 Å². The summed E-state index contributed by atoms with van der Waals surface area (Å²) >= 11 is 0. The zero-order chi connectivity index (χ0) is 11.8. The highest BCUT2D eigenvalue weighted by atomic mass is 15.1. The molecule has 16 heavy (non-hydrogen) atoms. The summed E-state index contributed by atoms with van der Waals surface area (Å²) in [6.45, 7) is 12.0. The molecule has 2 nitrogen and oxygen atoms in total. The lowest BCUT2D eigenvalue weighted by Gasteiger charge is -2.14. The van der Waals surface area contributed by atoms with Gasteiger partial charge in [0.25, 0.3) is 0 Å². The molecule has 0 aromatic heterocycles. The number of nitrogens with one attached hydrogen (secondary N) is 1. The van der Waals surface area contributed by atoms with E-state index in [-0.39, 0.29) is 0 Å². The van der Waals surface area contributed by atoms with Crippen molar-refractivity contribution in [1.29, 1.82) is 0 Å². The predicted octanol–water partition coefficient (Wildman–Crippen LogP) is 2.89. The van der Waals surface area contributed by atoms with Crippen molar-refractivity contribution in [2.24, 2.45) is 5.92 Å². The van der Waals surface area contributed by atoms with Crippen LogP contribution in [0.15, 0.2) is 0 Å². The fourth-order valence-corrected chi connectivity index (χ4v) is 2.43. The van der Waals surface area contributed by atoms with Gasteiger partial charge >= 0.3 is 0 Å². The van der Waals surface area contributed by atoms with E-state index >= 15 is 0 Å². The van der Waals surface area contributed by atoms with Crippen molar-refractivity contribution in [2.45, 2.75) is 58.9 Å². The Bertz CT molecular complexity index is 168. The summed E-state index contributed by atoms with van der Waals surface area (Å²) in [6, 6.07) is 0.645. The van der Waals surface area contributed by atoms with Crippen LogP contribution in [0.25, 0.3) is 0 Å². The highest BCUT2D eigenvalue weighted by Crippen LogP contribution is 2.15. The van der Waals surface area contributed by atoms with Crippen molar-refractivity contribution in [3.05, 3.63) is 0 Å². The van der Waals surface area contributed by atoms with Crippen LogP contribution in [0.2, 0.25) is 0 Å². The SMILES string of the molecule is CC1CCN(CCCCCCNC(C)C)C1. The molecule has 0 bridgehead atoms. The molecular weight excluding hydrogens is 196 g/mol. The van der Waals surface area contributed by atoms with Crippen LogP contribution in [-0.2, 0) is 0 Å². The van der Waals surface area contributed by atoms with Crippen LogP contribution in [0.1, 0.15) is 52.9 Å². The molecule has 0 aromatic carbocycles. The zero-order valence-electron chi connectivity index (χ0n) is 11.5. The lowest BCUT2D eigenvalue weighted by atomic mass is 10.1. The monoisotopic (exact) mass is 226 g/mol. The van der Waals surface area contributed by atoms with Crippen LogP contribution in [-0.4, -0.2) is 37.1 Å². The third-order valence-corrected chi connectivity index (χ3v) is 3.46. The quantitative estimate of drug-likeness (QED) is 0.640. The molecule has 1 atom stereocenters. The minimum atomic E-state index is 0.645. The predicted molar refractivity (Wildman–Crippen MR) is 71.8 cm³/mol. The fraction of sp³-hybridized carbons (Fsp3) is 1.00. The highest BCUT2D eigenvalue weighted by Gasteiger charge is 2.17. The van der Waals surface area contributed by atoms with E-state index < -0.39 is 0 Å². The first-order valence-corrected chi connectivity index (χ1v) is 7.14. The molecule has 1 saturated heterocycles. The molecule has 1 rings (SSSR count). The average Bonchev–Trinajstić information content (AvgIpc) is 2.62. The lowest BCUT2D eigenvalue weighted by Crippen LogP contribution is -2.23. The zero-order valence-corrected chi connectivity index (χ0v) is 11.5. The van der Waals surface area contributed by atoms with Gasteiger partial charge in [0.05, 0.1) is 0 Å². The topological polar surface area (TPSA) is 15.3 Å². The van der Waals surface area contributed by atoms with Crippen LogP contribution in [0.5, 0.6) is 0 Å². The van der Waals surface area contributed by atoms with E-state index in [0.29, 0.717) is 6.04 Å². The maximum absolute atomic E-state index is 3.47. The van der Waals surface area contributed by atoms with Gasteiger partial charge in [0.1, 0.15) is 0 Å². The molecule has 0 aliphatic carbocycles. The van der Waals surface area contributed by atoms with E-state index in [2.05, 4.69) is 31.0 Å². The summed E-state index contributed by atoms with van der Waals surface area (Å²) in [5.41, 5.74) is 0. The Hall–Kier alpha value is -0.0800. The molecule has 0 radical (unpaired) electrons. The van der Waals surface area contributed by atoms with Crippen LogP contribution in [0.3, 0.4) is 0 Å². The van der Waals surface area contributed by atoms with Gasteiger partial charge in [-0.25, -0.2) is 0 Å². The van der Waals surface area contributed by atoms with Crippen molar-refractivity contribution >= 4 is 0 Å². The van der Waals surface area contributed by atoms with E-state index in [4.69, 9.17) is 0 Å². The number of unbranched alkanes of at least 4 members (excludes halogenated alkanes) is 3. The summed E-state index contributed by atoms with van der Waals surface area (Å²) in [5.74, 6) is 0.940. The minimum absolute atomic E-state index is 0.645. The molecule has 1 heterocycles. The van der Waals surface area contributed by atoms with Gasteiger partial charge < -0.3 is 10.2 Å². The molecule has 0 aromatic rings. The molecule has 1 aliphatic rings. The Balaban J connectivity index is 1.81. The normalized spacial score (nSPS) is 22.1. The van der Waals surface area contributed by atoms with E-state index in [1.807, 2.05) is 0 Å². The Labute approximate surface area is 102 Å². The second kappa shape index (κ2) is 8.08. The van der Waals surface area contributed by atoms with Crippen LogP contribution in [0, 0.1) is 5.92 Å². The first-order chi connectivity index (χ1) is 7.68. The van der Waals surface area contributed by atoms with Crippen LogP contribution in [0.4, 0.5) is 0 Å². The number of rotatable bonds is 8. The van der Waals surface area contributed by atoms with Gasteiger partial charge in [-0.15, -0.1) is 0 Å². The Morgan fingerprint density at radius 2 is 1.94 bits per heavy atom. The largest absolute Gasteiger partial charge is 0.315 e. The third-order valence-electron chi connectivity index (χ3n) is 3.46. The average molecular weight is 226 g/mol. The third kappa shape index (κ3) is 6.49. The first-order valence-electron chi connectivity index (χ1n) is 7.14. The fourth-order valence-electron chi connectivity index (χ4n) is 2.43. The molecule has 0 amide bonds.